The van der Waals surface area contributed by atoms with Gasteiger partial charge in [-0.3, -0.25) is 0 Å². The molecule has 124 valence electrons. The maximum atomic E-state index is 11.9. The highest BCUT2D eigenvalue weighted by Crippen LogP contribution is 2.27. The van der Waals surface area contributed by atoms with E-state index in [1.54, 1.807) is 12.1 Å². The number of fused-ring (bicyclic) bond motifs is 1. The zero-order valence-electron chi connectivity index (χ0n) is 12.6. The zero-order chi connectivity index (χ0) is 16.4. The molecule has 0 atom stereocenters. The highest BCUT2D eigenvalue weighted by Gasteiger charge is 2.24. The summed E-state index contributed by atoms with van der Waals surface area (Å²) in [6.07, 6.45) is 3.55. The van der Waals surface area contributed by atoms with Crippen molar-refractivity contribution in [3.63, 3.8) is 0 Å². The van der Waals surface area contributed by atoms with E-state index >= 15 is 0 Å². The molecule has 1 saturated carbocycles. The molecule has 23 heavy (non-hydrogen) atoms. The summed E-state index contributed by atoms with van der Waals surface area (Å²) in [6, 6.07) is 6.49. The lowest BCUT2D eigenvalue weighted by molar-refractivity contribution is 0.0697. The average Bonchev–Trinajstić information content (AvgIpc) is 2.84. The lowest BCUT2D eigenvalue weighted by Crippen LogP contribution is -2.33. The predicted octanol–water partition coefficient (Wildman–Crippen LogP) is 2.39. The molecule has 1 aromatic carbocycles. The Hall–Kier alpha value is -1.86. The van der Waals surface area contributed by atoms with Crippen molar-refractivity contribution in [2.24, 2.45) is 5.92 Å². The van der Waals surface area contributed by atoms with Crippen LogP contribution in [0.4, 0.5) is 0 Å². The Morgan fingerprint density at radius 3 is 2.74 bits per heavy atom. The van der Waals surface area contributed by atoms with Crippen molar-refractivity contribution in [2.45, 2.75) is 25.7 Å². The summed E-state index contributed by atoms with van der Waals surface area (Å²) < 4.78 is 32.0. The number of aromatic carboxylic acids is 1. The van der Waals surface area contributed by atoms with Crippen LogP contribution in [-0.4, -0.2) is 31.8 Å². The third-order valence-corrected chi connectivity index (χ3v) is 5.75. The van der Waals surface area contributed by atoms with Crippen LogP contribution < -0.4 is 4.72 Å². The smallest absolute Gasteiger partial charge is 0.335 e. The Labute approximate surface area is 134 Å². The van der Waals surface area contributed by atoms with Crippen LogP contribution in [0.15, 0.2) is 28.7 Å². The van der Waals surface area contributed by atoms with Gasteiger partial charge in [-0.2, -0.15) is 0 Å². The van der Waals surface area contributed by atoms with Crippen LogP contribution in [-0.2, 0) is 16.4 Å². The molecule has 0 saturated heterocycles. The molecule has 0 aliphatic heterocycles. The van der Waals surface area contributed by atoms with Gasteiger partial charge in [0.2, 0.25) is 10.0 Å². The van der Waals surface area contributed by atoms with Crippen LogP contribution in [0.5, 0.6) is 0 Å². The molecule has 0 amide bonds. The van der Waals surface area contributed by atoms with Gasteiger partial charge in [0, 0.05) is 18.4 Å². The summed E-state index contributed by atoms with van der Waals surface area (Å²) in [7, 11) is -3.23. The molecule has 1 fully saturated rings. The molecule has 2 N–H and O–H groups in total. The van der Waals surface area contributed by atoms with Crippen LogP contribution in [0.1, 0.15) is 35.4 Å². The van der Waals surface area contributed by atoms with Gasteiger partial charge in [-0.1, -0.05) is 12.5 Å². The van der Waals surface area contributed by atoms with E-state index in [1.165, 1.54) is 12.1 Å². The van der Waals surface area contributed by atoms with Gasteiger partial charge in [-0.25, -0.2) is 17.9 Å². The Kier molecular flexibility index (Phi) is 4.41. The van der Waals surface area contributed by atoms with Gasteiger partial charge in [-0.05, 0) is 37.0 Å². The molecular formula is C16H19NO5S. The maximum absolute atomic E-state index is 11.9. The van der Waals surface area contributed by atoms with Gasteiger partial charge in [-0.15, -0.1) is 0 Å². The number of furan rings is 1. The normalized spacial score (nSPS) is 15.7. The van der Waals surface area contributed by atoms with Crippen LogP contribution in [0.2, 0.25) is 0 Å². The van der Waals surface area contributed by atoms with Gasteiger partial charge < -0.3 is 9.52 Å². The molecule has 0 unspecified atom stereocenters. The summed E-state index contributed by atoms with van der Waals surface area (Å²) in [5.41, 5.74) is 0.664. The summed E-state index contributed by atoms with van der Waals surface area (Å²) in [6.45, 7) is 0.278. The van der Waals surface area contributed by atoms with Crippen molar-refractivity contribution in [1.29, 1.82) is 0 Å². The molecule has 6 nitrogen and oxygen atoms in total. The molecule has 1 aliphatic rings. The highest BCUT2D eigenvalue weighted by atomic mass is 32.2. The minimum absolute atomic E-state index is 0.166. The minimum Gasteiger partial charge on any atom is -0.478 e. The van der Waals surface area contributed by atoms with Crippen LogP contribution >= 0.6 is 0 Å². The maximum Gasteiger partial charge on any atom is 0.335 e. The monoisotopic (exact) mass is 337 g/mol. The van der Waals surface area contributed by atoms with E-state index in [0.29, 0.717) is 23.7 Å². The topological polar surface area (TPSA) is 96.6 Å². The molecule has 0 radical (unpaired) electrons. The van der Waals surface area contributed by atoms with Gasteiger partial charge >= 0.3 is 5.97 Å². The van der Waals surface area contributed by atoms with E-state index in [0.717, 1.165) is 24.6 Å². The van der Waals surface area contributed by atoms with E-state index < -0.39 is 16.0 Å². The highest BCUT2D eigenvalue weighted by molar-refractivity contribution is 7.89. The fourth-order valence-electron chi connectivity index (χ4n) is 2.70. The first-order valence-electron chi connectivity index (χ1n) is 7.66. The van der Waals surface area contributed by atoms with Crippen LogP contribution in [0.3, 0.4) is 0 Å². The Morgan fingerprint density at radius 2 is 2.09 bits per heavy atom. The number of rotatable bonds is 7. The first kappa shape index (κ1) is 16.0. The lowest BCUT2D eigenvalue weighted by atomic mass is 9.87. The summed E-state index contributed by atoms with van der Waals surface area (Å²) in [5.74, 6) is 0.130. The van der Waals surface area contributed by atoms with Crippen molar-refractivity contribution in [2.75, 3.05) is 12.3 Å². The number of benzene rings is 1. The summed E-state index contributed by atoms with van der Waals surface area (Å²) in [4.78, 5) is 10.9. The van der Waals surface area contributed by atoms with Crippen molar-refractivity contribution in [3.8, 4) is 0 Å². The Balaban J connectivity index is 1.59. The van der Waals surface area contributed by atoms with Gasteiger partial charge in [0.15, 0.2) is 0 Å². The molecule has 0 spiro atoms. The molecule has 1 aromatic heterocycles. The average molecular weight is 337 g/mol. The fraction of sp³-hybridized carbons (Fsp3) is 0.438. The van der Waals surface area contributed by atoms with Gasteiger partial charge in [0.25, 0.3) is 0 Å². The summed E-state index contributed by atoms with van der Waals surface area (Å²) in [5, 5.41) is 9.77. The van der Waals surface area contributed by atoms with Crippen molar-refractivity contribution >= 4 is 27.0 Å². The van der Waals surface area contributed by atoms with E-state index in [-0.39, 0.29) is 17.9 Å². The van der Waals surface area contributed by atoms with Crippen molar-refractivity contribution in [1.82, 2.24) is 4.72 Å². The summed E-state index contributed by atoms with van der Waals surface area (Å²) >= 11 is 0. The second-order valence-electron chi connectivity index (χ2n) is 5.99. The molecule has 1 heterocycles. The molecule has 1 aliphatic carbocycles. The Bertz CT molecular complexity index is 820. The molecule has 0 bridgehead atoms. The van der Waals surface area contributed by atoms with Crippen LogP contribution in [0.25, 0.3) is 11.0 Å². The molecule has 3 rings (SSSR count). The number of carbonyl (C=O) groups is 1. The largest absolute Gasteiger partial charge is 0.478 e. The SMILES string of the molecule is O=C(O)c1ccc2cc(CCNS(=O)(=O)CC3CCC3)oc2c1. The Morgan fingerprint density at radius 1 is 1.30 bits per heavy atom. The van der Waals surface area contributed by atoms with E-state index in [4.69, 9.17) is 9.52 Å². The number of hydrogen-bond donors (Lipinski definition) is 2. The number of sulfonamides is 1. The quantitative estimate of drug-likeness (QED) is 0.808. The number of hydrogen-bond acceptors (Lipinski definition) is 4. The van der Waals surface area contributed by atoms with Gasteiger partial charge in [0.05, 0.1) is 11.3 Å². The second kappa shape index (κ2) is 6.33. The van der Waals surface area contributed by atoms with Gasteiger partial charge in [0.1, 0.15) is 11.3 Å². The van der Waals surface area contributed by atoms with E-state index in [2.05, 4.69) is 4.72 Å². The zero-order valence-corrected chi connectivity index (χ0v) is 13.4. The minimum atomic E-state index is -3.23. The van der Waals surface area contributed by atoms with E-state index in [1.807, 2.05) is 0 Å². The standard InChI is InChI=1S/C16H19NO5S/c18-16(19)13-5-4-12-8-14(22-15(12)9-13)6-7-17-23(20,21)10-11-2-1-3-11/h4-5,8-9,11,17H,1-3,6-7,10H2,(H,18,19). The first-order chi connectivity index (χ1) is 10.9. The van der Waals surface area contributed by atoms with E-state index in [9.17, 15) is 13.2 Å². The van der Waals surface area contributed by atoms with Crippen LogP contribution in [0, 0.1) is 5.92 Å². The molecular weight excluding hydrogens is 318 g/mol. The third-order valence-electron chi connectivity index (χ3n) is 4.19. The fourth-order valence-corrected chi connectivity index (χ4v) is 4.19. The second-order valence-corrected chi connectivity index (χ2v) is 7.84. The number of nitrogens with one attached hydrogen (secondary N) is 1. The molecule has 2 aromatic rings. The number of carboxylic acids is 1. The first-order valence-corrected chi connectivity index (χ1v) is 9.31. The lowest BCUT2D eigenvalue weighted by Gasteiger charge is -2.24. The number of carboxylic acid groups (broad SMARTS) is 1. The third kappa shape index (κ3) is 3.92. The predicted molar refractivity (Wildman–Crippen MR) is 86.0 cm³/mol. The van der Waals surface area contributed by atoms with Crippen molar-refractivity contribution in [3.05, 3.63) is 35.6 Å². The molecule has 7 heteroatoms. The van der Waals surface area contributed by atoms with Crippen molar-refractivity contribution < 1.29 is 22.7 Å².